The Labute approximate surface area is 317 Å². The Bertz CT molecular complexity index is 2550. The molecule has 0 spiro atoms. The molecule has 54 heavy (non-hydrogen) atoms. The maximum Gasteiger partial charge on any atom is 0.159 e. The molecule has 0 amide bonds. The van der Waals surface area contributed by atoms with E-state index < -0.39 is 0 Å². The van der Waals surface area contributed by atoms with E-state index in [0.29, 0.717) is 0 Å². The lowest BCUT2D eigenvalue weighted by Crippen LogP contribution is -2.34. The van der Waals surface area contributed by atoms with Gasteiger partial charge in [0, 0.05) is 22.3 Å². The molecule has 5 heteroatoms. The molecule has 0 bridgehead atoms. The van der Waals surface area contributed by atoms with Gasteiger partial charge in [0.05, 0.1) is 17.1 Å². The second-order valence-electron chi connectivity index (χ2n) is 14.0. The van der Waals surface area contributed by atoms with Crippen LogP contribution in [0.25, 0.3) is 33.4 Å². The zero-order valence-electron chi connectivity index (χ0n) is 30.7. The summed E-state index contributed by atoms with van der Waals surface area (Å²) in [7, 11) is 0. The number of nitrogens with one attached hydrogen (secondary N) is 2. The van der Waals surface area contributed by atoms with Crippen molar-refractivity contribution in [3.8, 4) is 33.4 Å². The summed E-state index contributed by atoms with van der Waals surface area (Å²) in [6, 6.07) is 60.3. The first-order valence-electron chi connectivity index (χ1n) is 18.6. The van der Waals surface area contributed by atoms with E-state index in [4.69, 9.17) is 9.98 Å². The highest BCUT2D eigenvalue weighted by atomic mass is 15.3. The molecule has 2 atom stereocenters. The third-order valence-electron chi connectivity index (χ3n) is 10.5. The number of benzene rings is 7. The van der Waals surface area contributed by atoms with Gasteiger partial charge in [-0.2, -0.15) is 0 Å². The fourth-order valence-electron chi connectivity index (χ4n) is 8.00. The Hall–Kier alpha value is -6.72. The lowest BCUT2D eigenvalue weighted by molar-refractivity contribution is 0.675. The van der Waals surface area contributed by atoms with Crippen molar-refractivity contribution in [3.05, 3.63) is 198 Å². The van der Waals surface area contributed by atoms with E-state index in [1.807, 2.05) is 6.07 Å². The SMILES string of the molecule is Cc1cccc(C)c1C1=NC(c2ccccc2-c2ccccc2-c2cccc(-c3ccccc3N3c4ccccc4NC3C)c2)NC(c2ccccc2)=N1. The molecule has 0 saturated carbocycles. The fraction of sp³-hybridized carbons (Fsp3) is 0.102. The maximum atomic E-state index is 5.34. The van der Waals surface area contributed by atoms with Gasteiger partial charge >= 0.3 is 0 Å². The molecule has 7 aromatic rings. The van der Waals surface area contributed by atoms with Crippen LogP contribution in [0.2, 0.25) is 0 Å². The van der Waals surface area contributed by atoms with Gasteiger partial charge in [-0.3, -0.25) is 0 Å². The smallest absolute Gasteiger partial charge is 0.159 e. The van der Waals surface area contributed by atoms with Crippen molar-refractivity contribution in [2.24, 2.45) is 9.98 Å². The lowest BCUT2D eigenvalue weighted by Gasteiger charge is -2.27. The number of nitrogens with zero attached hydrogens (tertiary/aromatic N) is 3. The number of aliphatic imine (C=N–C) groups is 2. The summed E-state index contributed by atoms with van der Waals surface area (Å²) < 4.78 is 0. The number of fused-ring (bicyclic) bond motifs is 1. The lowest BCUT2D eigenvalue weighted by atomic mass is 9.89. The van der Waals surface area contributed by atoms with Gasteiger partial charge in [0.25, 0.3) is 0 Å². The summed E-state index contributed by atoms with van der Waals surface area (Å²) in [4.78, 5) is 12.9. The Kier molecular flexibility index (Phi) is 8.60. The summed E-state index contributed by atoms with van der Waals surface area (Å²) in [6.45, 7) is 6.49. The third-order valence-corrected chi connectivity index (χ3v) is 10.5. The van der Waals surface area contributed by atoms with Crippen molar-refractivity contribution in [3.63, 3.8) is 0 Å². The zero-order valence-corrected chi connectivity index (χ0v) is 30.7. The first-order chi connectivity index (χ1) is 26.5. The van der Waals surface area contributed by atoms with Gasteiger partial charge in [-0.15, -0.1) is 0 Å². The summed E-state index contributed by atoms with van der Waals surface area (Å²) in [5.41, 5.74) is 16.0. The zero-order chi connectivity index (χ0) is 36.6. The predicted molar refractivity (Wildman–Crippen MR) is 226 cm³/mol. The van der Waals surface area contributed by atoms with E-state index in [2.05, 4.69) is 200 Å². The van der Waals surface area contributed by atoms with Crippen LogP contribution in [0.3, 0.4) is 0 Å². The summed E-state index contributed by atoms with van der Waals surface area (Å²) in [5, 5.41) is 7.37. The van der Waals surface area contributed by atoms with Crippen molar-refractivity contribution >= 4 is 28.7 Å². The second-order valence-corrected chi connectivity index (χ2v) is 14.0. The Morgan fingerprint density at radius 3 is 1.85 bits per heavy atom. The van der Waals surface area contributed by atoms with Crippen LogP contribution in [0.5, 0.6) is 0 Å². The molecule has 2 aliphatic rings. The maximum absolute atomic E-state index is 5.34. The van der Waals surface area contributed by atoms with Gasteiger partial charge in [0.15, 0.2) is 5.84 Å². The van der Waals surface area contributed by atoms with E-state index in [-0.39, 0.29) is 12.3 Å². The molecule has 0 saturated heterocycles. The van der Waals surface area contributed by atoms with E-state index in [9.17, 15) is 0 Å². The number of rotatable bonds is 7. The van der Waals surface area contributed by atoms with Crippen LogP contribution in [-0.2, 0) is 0 Å². The Balaban J connectivity index is 1.14. The van der Waals surface area contributed by atoms with E-state index >= 15 is 0 Å². The van der Waals surface area contributed by atoms with E-state index in [1.165, 1.54) is 22.5 Å². The molecule has 2 unspecified atom stereocenters. The van der Waals surface area contributed by atoms with Gasteiger partial charge in [-0.05, 0) is 84.0 Å². The van der Waals surface area contributed by atoms with E-state index in [1.54, 1.807) is 0 Å². The van der Waals surface area contributed by atoms with Crippen LogP contribution in [0.15, 0.2) is 180 Å². The van der Waals surface area contributed by atoms with Gasteiger partial charge in [-0.25, -0.2) is 9.98 Å². The van der Waals surface area contributed by atoms with Crippen molar-refractivity contribution in [1.29, 1.82) is 0 Å². The summed E-state index contributed by atoms with van der Waals surface area (Å²) in [5.74, 6) is 1.56. The molecular weight excluding hydrogens is 659 g/mol. The normalized spacial score (nSPS) is 16.2. The first-order valence-corrected chi connectivity index (χ1v) is 18.6. The highest BCUT2D eigenvalue weighted by Crippen LogP contribution is 2.45. The molecular formula is C49H41N5. The molecule has 5 nitrogen and oxygen atoms in total. The largest absolute Gasteiger partial charge is 0.363 e. The number of para-hydroxylation sites is 3. The van der Waals surface area contributed by atoms with Crippen LogP contribution in [0.4, 0.5) is 17.1 Å². The molecule has 9 rings (SSSR count). The van der Waals surface area contributed by atoms with Crippen LogP contribution in [0, 0.1) is 13.8 Å². The van der Waals surface area contributed by atoms with E-state index in [0.717, 1.165) is 67.4 Å². The molecule has 2 heterocycles. The molecule has 0 aliphatic carbocycles. The molecule has 0 aromatic heterocycles. The first kappa shape index (κ1) is 33.1. The van der Waals surface area contributed by atoms with Crippen LogP contribution in [-0.4, -0.2) is 17.8 Å². The number of aryl methyl sites for hydroxylation is 2. The summed E-state index contributed by atoms with van der Waals surface area (Å²) in [6.07, 6.45) is -0.226. The summed E-state index contributed by atoms with van der Waals surface area (Å²) >= 11 is 0. The van der Waals surface area contributed by atoms with Crippen molar-refractivity contribution in [2.75, 3.05) is 10.2 Å². The van der Waals surface area contributed by atoms with Crippen molar-refractivity contribution < 1.29 is 0 Å². The number of anilines is 3. The molecule has 0 fully saturated rings. The molecule has 7 aromatic carbocycles. The van der Waals surface area contributed by atoms with Crippen LogP contribution >= 0.6 is 0 Å². The van der Waals surface area contributed by atoms with Crippen LogP contribution in [0.1, 0.15) is 40.9 Å². The average Bonchev–Trinajstić information content (AvgIpc) is 3.56. The Morgan fingerprint density at radius 1 is 0.500 bits per heavy atom. The van der Waals surface area contributed by atoms with Gasteiger partial charge in [0.1, 0.15) is 18.2 Å². The minimum absolute atomic E-state index is 0.128. The Morgan fingerprint density at radius 2 is 1.07 bits per heavy atom. The molecule has 0 radical (unpaired) electrons. The van der Waals surface area contributed by atoms with Gasteiger partial charge in [0.2, 0.25) is 0 Å². The highest BCUT2D eigenvalue weighted by molar-refractivity contribution is 6.14. The molecule has 2 N–H and O–H groups in total. The number of amidine groups is 2. The van der Waals surface area contributed by atoms with Gasteiger partial charge in [-0.1, -0.05) is 146 Å². The number of hydrogen-bond acceptors (Lipinski definition) is 5. The second kappa shape index (κ2) is 14.0. The minimum atomic E-state index is -0.354. The predicted octanol–water partition coefficient (Wildman–Crippen LogP) is 11.7. The fourth-order valence-corrected chi connectivity index (χ4v) is 8.00. The van der Waals surface area contributed by atoms with Crippen molar-refractivity contribution in [1.82, 2.24) is 5.32 Å². The quantitative estimate of drug-likeness (QED) is 0.174. The molecule has 2 aliphatic heterocycles. The van der Waals surface area contributed by atoms with Crippen LogP contribution < -0.4 is 15.5 Å². The standard InChI is InChI=1S/C49H41N5/c1-32-17-15-18-33(2)46(32)49-52-47(35-19-5-4-6-20-35)51-48(53-49)42-27-10-9-26-41(42)40-25-8-7-23-38(40)36-21-16-22-37(31-36)39-24-11-13-29-44(39)54-34(3)50-43-28-12-14-30-45(43)54/h4-31,34,48,50H,1-3H3,(H,51,52,53). The van der Waals surface area contributed by atoms with Gasteiger partial charge < -0.3 is 15.5 Å². The third kappa shape index (κ3) is 6.04. The average molecular weight is 700 g/mol. The minimum Gasteiger partial charge on any atom is -0.363 e. The number of hydrogen-bond donors (Lipinski definition) is 2. The topological polar surface area (TPSA) is 52.0 Å². The molecule has 262 valence electrons. The van der Waals surface area contributed by atoms with Crippen molar-refractivity contribution in [2.45, 2.75) is 33.1 Å². The highest BCUT2D eigenvalue weighted by Gasteiger charge is 2.29. The monoisotopic (exact) mass is 699 g/mol.